The topological polar surface area (TPSA) is 74.8 Å². The Bertz CT molecular complexity index is 1450. The van der Waals surface area contributed by atoms with Gasteiger partial charge in [-0.3, -0.25) is 9.36 Å². The second kappa shape index (κ2) is 9.47. The Kier molecular flexibility index (Phi) is 6.08. The van der Waals surface area contributed by atoms with Gasteiger partial charge in [-0.15, -0.1) is 5.10 Å². The van der Waals surface area contributed by atoms with Gasteiger partial charge in [-0.1, -0.05) is 56.2 Å². The van der Waals surface area contributed by atoms with E-state index in [-0.39, 0.29) is 12.6 Å². The summed E-state index contributed by atoms with van der Waals surface area (Å²) < 4.78 is 9.21. The fourth-order valence-electron chi connectivity index (χ4n) is 4.58. The summed E-state index contributed by atoms with van der Waals surface area (Å²) in [6, 6.07) is 20.6. The molecule has 34 heavy (non-hydrogen) atoms. The molecule has 0 unspecified atom stereocenters. The van der Waals surface area contributed by atoms with Crippen molar-refractivity contribution in [1.82, 2.24) is 24.8 Å². The van der Waals surface area contributed by atoms with E-state index in [1.807, 2.05) is 34.9 Å². The molecule has 7 heteroatoms. The zero-order valence-electron chi connectivity index (χ0n) is 19.4. The van der Waals surface area contributed by atoms with Crippen LogP contribution in [0.15, 0.2) is 67.0 Å². The molecule has 0 spiro atoms. The molecule has 5 aromatic rings. The van der Waals surface area contributed by atoms with Crippen LogP contribution in [0.1, 0.15) is 43.5 Å². The summed E-state index contributed by atoms with van der Waals surface area (Å²) in [6.07, 6.45) is 5.90. The number of hydrogen-bond donors (Lipinski definition) is 0. The fourth-order valence-corrected chi connectivity index (χ4v) is 4.58. The number of fused-ring (bicyclic) bond motifs is 2. The van der Waals surface area contributed by atoms with Gasteiger partial charge in [0.1, 0.15) is 12.1 Å². The molecule has 7 nitrogen and oxygen atoms in total. The fraction of sp³-hybridized carbons (Fsp3) is 0.259. The van der Waals surface area contributed by atoms with Gasteiger partial charge in [0.25, 0.3) is 0 Å². The first kappa shape index (κ1) is 21.8. The standard InChI is InChI=1S/C27H27N5O2/c1-3-4-5-9-25-24-8-6-7-10-26(24)32(19(2)33)27(25)22-12-11-21-16-23(14-13-20(21)15-22)34-18-31-17-28-29-30-31/h6-8,10-17H,3-5,9,18H2,1-2H3. The molecular formula is C27H27N5O2. The van der Waals surface area contributed by atoms with Crippen LogP contribution in [0.3, 0.4) is 0 Å². The molecule has 0 aliphatic carbocycles. The lowest BCUT2D eigenvalue weighted by atomic mass is 9.98. The minimum absolute atomic E-state index is 0.0272. The van der Waals surface area contributed by atoms with Crippen LogP contribution in [-0.2, 0) is 13.2 Å². The molecule has 5 rings (SSSR count). The van der Waals surface area contributed by atoms with E-state index in [1.54, 1.807) is 6.92 Å². The zero-order valence-corrected chi connectivity index (χ0v) is 19.4. The molecule has 0 fully saturated rings. The van der Waals surface area contributed by atoms with Crippen molar-refractivity contribution >= 4 is 27.6 Å². The predicted octanol–water partition coefficient (Wildman–Crippen LogP) is 5.88. The Morgan fingerprint density at radius 1 is 1.00 bits per heavy atom. The summed E-state index contributed by atoms with van der Waals surface area (Å²) >= 11 is 0. The molecule has 0 aliphatic heterocycles. The Labute approximate surface area is 198 Å². The van der Waals surface area contributed by atoms with Crippen molar-refractivity contribution in [2.45, 2.75) is 46.3 Å². The molecule has 0 bridgehead atoms. The first-order valence-electron chi connectivity index (χ1n) is 11.7. The van der Waals surface area contributed by atoms with Gasteiger partial charge < -0.3 is 4.74 Å². The average molecular weight is 454 g/mol. The molecule has 0 radical (unpaired) electrons. The van der Waals surface area contributed by atoms with E-state index in [9.17, 15) is 4.79 Å². The molecule has 0 N–H and O–H groups in total. The van der Waals surface area contributed by atoms with E-state index in [0.29, 0.717) is 0 Å². The molecule has 0 saturated carbocycles. The quantitative estimate of drug-likeness (QED) is 0.274. The molecule has 0 aliphatic rings. The zero-order chi connectivity index (χ0) is 23.5. The van der Waals surface area contributed by atoms with Crippen LogP contribution >= 0.6 is 0 Å². The maximum atomic E-state index is 12.8. The molecular weight excluding hydrogens is 426 g/mol. The highest BCUT2D eigenvalue weighted by Gasteiger charge is 2.20. The van der Waals surface area contributed by atoms with Gasteiger partial charge in [0.05, 0.1) is 11.2 Å². The lowest BCUT2D eigenvalue weighted by molar-refractivity contribution is 0.0943. The number of rotatable bonds is 8. The van der Waals surface area contributed by atoms with E-state index in [0.717, 1.165) is 57.9 Å². The van der Waals surface area contributed by atoms with Crippen LogP contribution in [-0.4, -0.2) is 30.7 Å². The highest BCUT2D eigenvalue weighted by atomic mass is 16.5. The minimum atomic E-state index is 0.0272. The van der Waals surface area contributed by atoms with Crippen LogP contribution in [0.4, 0.5) is 0 Å². The van der Waals surface area contributed by atoms with Crippen LogP contribution in [0, 0.1) is 0 Å². The maximum Gasteiger partial charge on any atom is 0.228 e. The highest BCUT2D eigenvalue weighted by Crippen LogP contribution is 2.36. The Hall–Kier alpha value is -4.00. The molecule has 0 amide bonds. The van der Waals surface area contributed by atoms with Crippen LogP contribution in [0.5, 0.6) is 5.75 Å². The number of aromatic nitrogens is 5. The van der Waals surface area contributed by atoms with Crippen molar-refractivity contribution in [1.29, 1.82) is 0 Å². The van der Waals surface area contributed by atoms with Gasteiger partial charge in [-0.25, -0.2) is 0 Å². The smallest absolute Gasteiger partial charge is 0.228 e. The van der Waals surface area contributed by atoms with Gasteiger partial charge >= 0.3 is 0 Å². The summed E-state index contributed by atoms with van der Waals surface area (Å²) in [5.41, 5.74) is 4.28. The van der Waals surface area contributed by atoms with Crippen molar-refractivity contribution in [3.8, 4) is 17.0 Å². The van der Waals surface area contributed by atoms with E-state index >= 15 is 0 Å². The first-order chi connectivity index (χ1) is 16.7. The molecule has 0 saturated heterocycles. The third-order valence-electron chi connectivity index (χ3n) is 6.16. The van der Waals surface area contributed by atoms with Crippen LogP contribution in [0.25, 0.3) is 32.9 Å². The molecule has 2 heterocycles. The number of hydrogen-bond acceptors (Lipinski definition) is 5. The lowest BCUT2D eigenvalue weighted by Crippen LogP contribution is -2.08. The van der Waals surface area contributed by atoms with Crippen molar-refractivity contribution < 1.29 is 9.53 Å². The van der Waals surface area contributed by atoms with Crippen molar-refractivity contribution in [2.24, 2.45) is 0 Å². The van der Waals surface area contributed by atoms with E-state index in [1.165, 1.54) is 23.0 Å². The minimum Gasteiger partial charge on any atom is -0.471 e. The van der Waals surface area contributed by atoms with E-state index < -0.39 is 0 Å². The number of aryl methyl sites for hydroxylation is 1. The van der Waals surface area contributed by atoms with Crippen LogP contribution < -0.4 is 4.74 Å². The highest BCUT2D eigenvalue weighted by molar-refractivity contribution is 6.02. The molecule has 2 aromatic heterocycles. The number of carbonyl (C=O) groups excluding carboxylic acids is 1. The number of nitrogens with zero attached hydrogens (tertiary/aromatic N) is 5. The third kappa shape index (κ3) is 4.17. The van der Waals surface area contributed by atoms with E-state index in [2.05, 4.69) is 52.8 Å². The Morgan fingerprint density at radius 3 is 2.62 bits per heavy atom. The molecule has 3 aromatic carbocycles. The van der Waals surface area contributed by atoms with Gasteiger partial charge in [0.15, 0.2) is 6.73 Å². The second-order valence-corrected chi connectivity index (χ2v) is 8.50. The van der Waals surface area contributed by atoms with Gasteiger partial charge in [-0.05, 0) is 69.4 Å². The van der Waals surface area contributed by atoms with Crippen molar-refractivity contribution in [3.63, 3.8) is 0 Å². The summed E-state index contributed by atoms with van der Waals surface area (Å²) in [4.78, 5) is 12.8. The normalized spacial score (nSPS) is 11.4. The van der Waals surface area contributed by atoms with Crippen molar-refractivity contribution in [2.75, 3.05) is 0 Å². The molecule has 172 valence electrons. The maximum absolute atomic E-state index is 12.8. The van der Waals surface area contributed by atoms with E-state index in [4.69, 9.17) is 4.74 Å². The summed E-state index contributed by atoms with van der Waals surface area (Å²) in [6.45, 7) is 4.10. The Morgan fingerprint density at radius 2 is 1.82 bits per heavy atom. The number of ether oxygens (including phenoxy) is 1. The second-order valence-electron chi connectivity index (χ2n) is 8.50. The van der Waals surface area contributed by atoms with Gasteiger partial charge in [0.2, 0.25) is 5.91 Å². The first-order valence-corrected chi connectivity index (χ1v) is 11.7. The van der Waals surface area contributed by atoms with Crippen molar-refractivity contribution in [3.05, 3.63) is 72.6 Å². The molecule has 0 atom stereocenters. The largest absolute Gasteiger partial charge is 0.471 e. The summed E-state index contributed by atoms with van der Waals surface area (Å²) in [7, 11) is 0. The monoisotopic (exact) mass is 453 g/mol. The SMILES string of the molecule is CCCCCc1c(-c2ccc3cc(OCn4cnnn4)ccc3c2)n(C(C)=O)c2ccccc12. The average Bonchev–Trinajstić information content (AvgIpc) is 3.49. The van der Waals surface area contributed by atoms with Crippen LogP contribution in [0.2, 0.25) is 0 Å². The lowest BCUT2D eigenvalue weighted by Gasteiger charge is -2.12. The Balaban J connectivity index is 1.56. The predicted molar refractivity (Wildman–Crippen MR) is 133 cm³/mol. The number of tetrazole rings is 1. The van der Waals surface area contributed by atoms with Gasteiger partial charge in [-0.2, -0.15) is 4.68 Å². The number of para-hydroxylation sites is 1. The van der Waals surface area contributed by atoms with Gasteiger partial charge in [0, 0.05) is 12.3 Å². The summed E-state index contributed by atoms with van der Waals surface area (Å²) in [5, 5.41) is 14.4. The number of unbranched alkanes of at least 4 members (excludes halogenated alkanes) is 2. The third-order valence-corrected chi connectivity index (χ3v) is 6.16. The number of carbonyl (C=O) groups is 1. The summed E-state index contributed by atoms with van der Waals surface area (Å²) in [5.74, 6) is 0.772. The number of benzene rings is 3.